The standard InChI is InChI=1S/C11H10N2O3S/c1-6-3-4-9(8(5-6)10(14)15)16-11-12-7(2)13-17-11/h3-5H,1-2H3,(H,14,15). The first kappa shape index (κ1) is 11.5. The number of rotatable bonds is 3. The summed E-state index contributed by atoms with van der Waals surface area (Å²) in [4.78, 5) is 15.1. The van der Waals surface area contributed by atoms with E-state index in [9.17, 15) is 4.79 Å². The minimum atomic E-state index is -1.02. The van der Waals surface area contributed by atoms with Crippen LogP contribution in [-0.2, 0) is 0 Å². The smallest absolute Gasteiger partial charge is 0.339 e. The Bertz CT molecular complexity index is 566. The summed E-state index contributed by atoms with van der Waals surface area (Å²) in [6.45, 7) is 3.57. The normalized spacial score (nSPS) is 10.2. The minimum absolute atomic E-state index is 0.123. The SMILES string of the molecule is Cc1ccc(Oc2nc(C)ns2)c(C(=O)O)c1. The Kier molecular flexibility index (Phi) is 3.06. The van der Waals surface area contributed by atoms with Crippen LogP contribution in [0.5, 0.6) is 10.9 Å². The first-order valence-electron chi connectivity index (χ1n) is 4.88. The maximum absolute atomic E-state index is 11.1. The Morgan fingerprint density at radius 2 is 2.18 bits per heavy atom. The summed E-state index contributed by atoms with van der Waals surface area (Å²) in [6, 6.07) is 4.97. The highest BCUT2D eigenvalue weighted by Gasteiger charge is 2.13. The highest BCUT2D eigenvalue weighted by atomic mass is 32.1. The van der Waals surface area contributed by atoms with Gasteiger partial charge < -0.3 is 9.84 Å². The van der Waals surface area contributed by atoms with Crippen LogP contribution in [0.4, 0.5) is 0 Å². The van der Waals surface area contributed by atoms with Crippen LogP contribution in [0.15, 0.2) is 18.2 Å². The average molecular weight is 250 g/mol. The lowest BCUT2D eigenvalue weighted by molar-refractivity contribution is 0.0694. The molecular formula is C11H10N2O3S. The van der Waals surface area contributed by atoms with E-state index in [-0.39, 0.29) is 11.3 Å². The molecule has 88 valence electrons. The molecule has 0 aliphatic heterocycles. The molecular weight excluding hydrogens is 240 g/mol. The lowest BCUT2D eigenvalue weighted by Gasteiger charge is -2.06. The summed E-state index contributed by atoms with van der Waals surface area (Å²) < 4.78 is 9.37. The number of carboxylic acid groups (broad SMARTS) is 1. The van der Waals surface area contributed by atoms with E-state index in [0.29, 0.717) is 11.0 Å². The second kappa shape index (κ2) is 4.50. The summed E-state index contributed by atoms with van der Waals surface area (Å²) in [5.41, 5.74) is 0.987. The second-order valence-corrected chi connectivity index (χ2v) is 4.23. The van der Waals surface area contributed by atoms with Crippen molar-refractivity contribution in [3.05, 3.63) is 35.2 Å². The van der Waals surface area contributed by atoms with Crippen molar-refractivity contribution in [2.45, 2.75) is 13.8 Å². The molecule has 2 rings (SSSR count). The Morgan fingerprint density at radius 3 is 2.76 bits per heavy atom. The molecule has 17 heavy (non-hydrogen) atoms. The Balaban J connectivity index is 2.35. The van der Waals surface area contributed by atoms with Gasteiger partial charge in [-0.3, -0.25) is 0 Å². The molecule has 1 aromatic heterocycles. The molecule has 0 amide bonds. The minimum Gasteiger partial charge on any atom is -0.478 e. The zero-order valence-corrected chi connectivity index (χ0v) is 10.1. The van der Waals surface area contributed by atoms with E-state index in [4.69, 9.17) is 9.84 Å². The molecule has 6 heteroatoms. The molecule has 0 saturated carbocycles. The number of aromatic nitrogens is 2. The molecule has 0 aliphatic carbocycles. The molecule has 1 N–H and O–H groups in total. The number of benzene rings is 1. The fourth-order valence-corrected chi connectivity index (χ4v) is 1.86. The van der Waals surface area contributed by atoms with Crippen LogP contribution in [0, 0.1) is 13.8 Å². The molecule has 1 heterocycles. The van der Waals surface area contributed by atoms with Crippen molar-refractivity contribution in [1.82, 2.24) is 9.36 Å². The van der Waals surface area contributed by atoms with Gasteiger partial charge in [0.15, 0.2) is 0 Å². The van der Waals surface area contributed by atoms with Crippen molar-refractivity contribution in [1.29, 1.82) is 0 Å². The molecule has 0 unspecified atom stereocenters. The fourth-order valence-electron chi connectivity index (χ4n) is 1.31. The van der Waals surface area contributed by atoms with Crippen molar-refractivity contribution < 1.29 is 14.6 Å². The quantitative estimate of drug-likeness (QED) is 0.906. The molecule has 0 fully saturated rings. The highest BCUT2D eigenvalue weighted by molar-refractivity contribution is 7.07. The van der Waals surface area contributed by atoms with Crippen LogP contribution in [0.2, 0.25) is 0 Å². The molecule has 0 atom stereocenters. The Hall–Kier alpha value is -1.95. The van der Waals surface area contributed by atoms with Crippen LogP contribution in [-0.4, -0.2) is 20.4 Å². The number of hydrogen-bond acceptors (Lipinski definition) is 5. The summed E-state index contributed by atoms with van der Waals surface area (Å²) >= 11 is 1.09. The van der Waals surface area contributed by atoms with Gasteiger partial charge in [-0.25, -0.2) is 4.79 Å². The second-order valence-electron chi connectivity index (χ2n) is 3.51. The van der Waals surface area contributed by atoms with Crippen molar-refractivity contribution in [3.8, 4) is 10.9 Å². The van der Waals surface area contributed by atoms with Gasteiger partial charge in [-0.1, -0.05) is 11.6 Å². The molecule has 2 aromatic rings. The maximum atomic E-state index is 11.1. The van der Waals surface area contributed by atoms with E-state index in [1.54, 1.807) is 25.1 Å². The predicted octanol–water partition coefficient (Wildman–Crippen LogP) is 2.65. The fraction of sp³-hybridized carbons (Fsp3) is 0.182. The van der Waals surface area contributed by atoms with Crippen molar-refractivity contribution in [3.63, 3.8) is 0 Å². The largest absolute Gasteiger partial charge is 0.478 e. The van der Waals surface area contributed by atoms with Gasteiger partial charge in [0.05, 0.1) is 0 Å². The molecule has 0 bridgehead atoms. The zero-order chi connectivity index (χ0) is 12.4. The summed E-state index contributed by atoms with van der Waals surface area (Å²) in [6.07, 6.45) is 0. The van der Waals surface area contributed by atoms with Gasteiger partial charge in [0, 0.05) is 11.5 Å². The number of aryl methyl sites for hydroxylation is 2. The van der Waals surface area contributed by atoms with Crippen molar-refractivity contribution >= 4 is 17.5 Å². The van der Waals surface area contributed by atoms with Crippen LogP contribution >= 0.6 is 11.5 Å². The number of nitrogens with zero attached hydrogens (tertiary/aromatic N) is 2. The summed E-state index contributed by atoms with van der Waals surface area (Å²) in [7, 11) is 0. The number of carbonyl (C=O) groups is 1. The molecule has 0 spiro atoms. The predicted molar refractivity (Wildman–Crippen MR) is 62.9 cm³/mol. The van der Waals surface area contributed by atoms with E-state index >= 15 is 0 Å². The lowest BCUT2D eigenvalue weighted by Crippen LogP contribution is -2.00. The monoisotopic (exact) mass is 250 g/mol. The van der Waals surface area contributed by atoms with Crippen LogP contribution in [0.1, 0.15) is 21.7 Å². The number of hydrogen-bond donors (Lipinski definition) is 1. The van der Waals surface area contributed by atoms with Crippen molar-refractivity contribution in [2.75, 3.05) is 0 Å². The number of aromatic carboxylic acids is 1. The van der Waals surface area contributed by atoms with Gasteiger partial charge in [-0.05, 0) is 26.0 Å². The zero-order valence-electron chi connectivity index (χ0n) is 9.30. The number of ether oxygens (including phenoxy) is 1. The van der Waals surface area contributed by atoms with Crippen LogP contribution in [0.25, 0.3) is 0 Å². The van der Waals surface area contributed by atoms with E-state index in [0.717, 1.165) is 17.1 Å². The lowest BCUT2D eigenvalue weighted by atomic mass is 10.1. The molecule has 0 saturated heterocycles. The van der Waals surface area contributed by atoms with E-state index < -0.39 is 5.97 Å². The summed E-state index contributed by atoms with van der Waals surface area (Å²) in [5, 5.41) is 9.40. The first-order valence-corrected chi connectivity index (χ1v) is 5.65. The van der Waals surface area contributed by atoms with Gasteiger partial charge in [-0.15, -0.1) is 0 Å². The van der Waals surface area contributed by atoms with Crippen LogP contribution in [0.3, 0.4) is 0 Å². The molecule has 1 aromatic carbocycles. The third-order valence-corrected chi connectivity index (χ3v) is 2.76. The summed E-state index contributed by atoms with van der Waals surface area (Å²) in [5.74, 6) is -0.141. The van der Waals surface area contributed by atoms with Gasteiger partial charge in [0.25, 0.3) is 5.19 Å². The molecule has 0 radical (unpaired) electrons. The van der Waals surface area contributed by atoms with Gasteiger partial charge in [0.1, 0.15) is 17.1 Å². The van der Waals surface area contributed by atoms with Gasteiger partial charge >= 0.3 is 5.97 Å². The number of carboxylic acids is 1. The first-order chi connectivity index (χ1) is 8.06. The average Bonchev–Trinajstić information content (AvgIpc) is 2.66. The van der Waals surface area contributed by atoms with E-state index in [1.807, 2.05) is 6.92 Å². The Labute approximate surface area is 102 Å². The van der Waals surface area contributed by atoms with E-state index in [2.05, 4.69) is 9.36 Å². The highest BCUT2D eigenvalue weighted by Crippen LogP contribution is 2.27. The topological polar surface area (TPSA) is 72.3 Å². The Morgan fingerprint density at radius 1 is 1.41 bits per heavy atom. The van der Waals surface area contributed by atoms with Gasteiger partial charge in [0.2, 0.25) is 0 Å². The van der Waals surface area contributed by atoms with E-state index in [1.165, 1.54) is 0 Å². The third kappa shape index (κ3) is 2.59. The van der Waals surface area contributed by atoms with Gasteiger partial charge in [-0.2, -0.15) is 9.36 Å². The van der Waals surface area contributed by atoms with Crippen molar-refractivity contribution in [2.24, 2.45) is 0 Å². The molecule has 0 aliphatic rings. The molecule has 5 nitrogen and oxygen atoms in total. The third-order valence-electron chi connectivity index (χ3n) is 2.07. The van der Waals surface area contributed by atoms with Crippen LogP contribution < -0.4 is 4.74 Å². The maximum Gasteiger partial charge on any atom is 0.339 e.